The van der Waals surface area contributed by atoms with E-state index in [9.17, 15) is 4.79 Å². The van der Waals surface area contributed by atoms with Gasteiger partial charge in [0.15, 0.2) is 5.96 Å². The van der Waals surface area contributed by atoms with Gasteiger partial charge in [0.25, 0.3) is 0 Å². The molecular formula is C16H31N5O2. The highest BCUT2D eigenvalue weighted by Crippen LogP contribution is 2.10. The van der Waals surface area contributed by atoms with Crippen LogP contribution in [0.1, 0.15) is 26.7 Å². The van der Waals surface area contributed by atoms with Crippen LogP contribution in [0.25, 0.3) is 0 Å². The number of nitrogens with zero attached hydrogens (tertiary/aromatic N) is 3. The molecule has 0 spiro atoms. The van der Waals surface area contributed by atoms with Crippen LogP contribution in [0.4, 0.5) is 0 Å². The Labute approximate surface area is 139 Å². The Balaban J connectivity index is 1.76. The summed E-state index contributed by atoms with van der Waals surface area (Å²) in [5.41, 5.74) is 0. The minimum absolute atomic E-state index is 0.239. The lowest BCUT2D eigenvalue weighted by Gasteiger charge is -2.26. The third kappa shape index (κ3) is 5.99. The predicted molar refractivity (Wildman–Crippen MR) is 91.6 cm³/mol. The van der Waals surface area contributed by atoms with Crippen molar-refractivity contribution in [1.82, 2.24) is 20.4 Å². The molecule has 2 rings (SSSR count). The normalized spacial score (nSPS) is 23.1. The number of carbonyl (C=O) groups is 1. The number of nitrogens with one attached hydrogen (secondary N) is 2. The molecule has 2 fully saturated rings. The zero-order valence-corrected chi connectivity index (χ0v) is 14.5. The van der Waals surface area contributed by atoms with E-state index in [2.05, 4.69) is 27.4 Å². The molecule has 132 valence electrons. The summed E-state index contributed by atoms with van der Waals surface area (Å²) in [5, 5.41) is 6.76. The number of hydrogen-bond acceptors (Lipinski definition) is 4. The average molecular weight is 325 g/mol. The minimum atomic E-state index is 0.239. The van der Waals surface area contributed by atoms with Gasteiger partial charge in [-0.2, -0.15) is 0 Å². The number of ether oxygens (including phenoxy) is 1. The lowest BCUT2D eigenvalue weighted by atomic mass is 10.3. The quantitative estimate of drug-likeness (QED) is 0.527. The van der Waals surface area contributed by atoms with Gasteiger partial charge in [-0.05, 0) is 13.3 Å². The van der Waals surface area contributed by atoms with Crippen molar-refractivity contribution in [2.45, 2.75) is 32.7 Å². The van der Waals surface area contributed by atoms with Crippen molar-refractivity contribution in [3.05, 3.63) is 0 Å². The Morgan fingerprint density at radius 3 is 2.74 bits per heavy atom. The molecule has 2 N–H and O–H groups in total. The number of likely N-dealkylation sites (tertiary alicyclic amines) is 1. The van der Waals surface area contributed by atoms with Crippen LogP contribution in [0.2, 0.25) is 0 Å². The third-order valence-electron chi connectivity index (χ3n) is 4.32. The Kier molecular flexibility index (Phi) is 7.61. The van der Waals surface area contributed by atoms with E-state index in [0.717, 1.165) is 71.4 Å². The zero-order valence-electron chi connectivity index (χ0n) is 14.5. The molecule has 1 unspecified atom stereocenters. The molecule has 7 heteroatoms. The van der Waals surface area contributed by atoms with E-state index in [1.54, 1.807) is 0 Å². The van der Waals surface area contributed by atoms with Crippen molar-refractivity contribution < 1.29 is 9.53 Å². The van der Waals surface area contributed by atoms with Gasteiger partial charge in [0.2, 0.25) is 5.91 Å². The van der Waals surface area contributed by atoms with E-state index in [0.29, 0.717) is 12.5 Å². The smallest absolute Gasteiger partial charge is 0.222 e. The molecule has 1 amide bonds. The molecule has 0 aliphatic carbocycles. The number of rotatable bonds is 6. The van der Waals surface area contributed by atoms with E-state index in [1.165, 1.54) is 0 Å². The van der Waals surface area contributed by atoms with Gasteiger partial charge >= 0.3 is 0 Å². The monoisotopic (exact) mass is 325 g/mol. The van der Waals surface area contributed by atoms with Crippen LogP contribution >= 0.6 is 0 Å². The molecule has 0 aromatic carbocycles. The van der Waals surface area contributed by atoms with Gasteiger partial charge in [-0.25, -0.2) is 0 Å². The van der Waals surface area contributed by atoms with Crippen molar-refractivity contribution in [2.75, 3.05) is 59.0 Å². The highest BCUT2D eigenvalue weighted by Gasteiger charge is 2.25. The molecule has 1 atom stereocenters. The first kappa shape index (κ1) is 18.0. The van der Waals surface area contributed by atoms with Gasteiger partial charge in [-0.15, -0.1) is 0 Å². The molecule has 0 aromatic heterocycles. The predicted octanol–water partition coefficient (Wildman–Crippen LogP) is -0.115. The molecule has 7 nitrogen and oxygen atoms in total. The number of amides is 1. The Morgan fingerprint density at radius 2 is 2.04 bits per heavy atom. The van der Waals surface area contributed by atoms with E-state index in [4.69, 9.17) is 4.74 Å². The minimum Gasteiger partial charge on any atom is -0.379 e. The maximum atomic E-state index is 11.8. The molecule has 2 aliphatic heterocycles. The summed E-state index contributed by atoms with van der Waals surface area (Å²) in [4.78, 5) is 20.7. The molecule has 0 bridgehead atoms. The zero-order chi connectivity index (χ0) is 16.5. The summed E-state index contributed by atoms with van der Waals surface area (Å²) in [6, 6.07) is 0.298. The number of guanidine groups is 1. The number of hydrogen-bond donors (Lipinski definition) is 2. The topological polar surface area (TPSA) is 69.2 Å². The molecule has 0 aromatic rings. The van der Waals surface area contributed by atoms with Crippen LogP contribution < -0.4 is 10.6 Å². The van der Waals surface area contributed by atoms with E-state index >= 15 is 0 Å². The number of carbonyl (C=O) groups excluding carboxylic acids is 1. The SMILES string of the molecule is CCNC(=NCCN1CCOCC1)NC1CCN(C(=O)CC)C1. The van der Waals surface area contributed by atoms with Crippen molar-refractivity contribution in [2.24, 2.45) is 4.99 Å². The summed E-state index contributed by atoms with van der Waals surface area (Å²) < 4.78 is 5.36. The fourth-order valence-electron chi connectivity index (χ4n) is 2.97. The fraction of sp³-hybridized carbons (Fsp3) is 0.875. The summed E-state index contributed by atoms with van der Waals surface area (Å²) in [6.07, 6.45) is 1.57. The van der Waals surface area contributed by atoms with E-state index in [-0.39, 0.29) is 5.91 Å². The van der Waals surface area contributed by atoms with Crippen molar-refractivity contribution in [1.29, 1.82) is 0 Å². The standard InChI is InChI=1S/C16H31N5O2/c1-3-15(22)21-7-5-14(13-21)19-16(17-4-2)18-6-8-20-9-11-23-12-10-20/h14H,3-13H2,1-2H3,(H2,17,18,19). The molecule has 0 saturated carbocycles. The maximum Gasteiger partial charge on any atom is 0.222 e. The summed E-state index contributed by atoms with van der Waals surface area (Å²) in [6.45, 7) is 11.8. The van der Waals surface area contributed by atoms with Crippen LogP contribution in [0.15, 0.2) is 4.99 Å². The van der Waals surface area contributed by atoms with Crippen LogP contribution in [-0.2, 0) is 9.53 Å². The summed E-state index contributed by atoms with van der Waals surface area (Å²) in [5.74, 6) is 1.10. The second kappa shape index (κ2) is 9.72. The largest absolute Gasteiger partial charge is 0.379 e. The lowest BCUT2D eigenvalue weighted by molar-refractivity contribution is -0.129. The molecule has 23 heavy (non-hydrogen) atoms. The van der Waals surface area contributed by atoms with Crippen LogP contribution in [0.3, 0.4) is 0 Å². The van der Waals surface area contributed by atoms with Crippen molar-refractivity contribution in [3.8, 4) is 0 Å². The average Bonchev–Trinajstić information content (AvgIpc) is 3.04. The lowest BCUT2D eigenvalue weighted by Crippen LogP contribution is -2.45. The highest BCUT2D eigenvalue weighted by molar-refractivity contribution is 5.80. The molecule has 2 aliphatic rings. The van der Waals surface area contributed by atoms with Crippen molar-refractivity contribution >= 4 is 11.9 Å². The van der Waals surface area contributed by atoms with Crippen molar-refractivity contribution in [3.63, 3.8) is 0 Å². The maximum absolute atomic E-state index is 11.8. The van der Waals surface area contributed by atoms with Crippen LogP contribution in [0, 0.1) is 0 Å². The second-order valence-electron chi connectivity index (χ2n) is 6.04. The Bertz CT molecular complexity index is 396. The summed E-state index contributed by atoms with van der Waals surface area (Å²) in [7, 11) is 0. The first-order valence-corrected chi connectivity index (χ1v) is 8.85. The van der Waals surface area contributed by atoms with Crippen LogP contribution in [0.5, 0.6) is 0 Å². The number of morpholine rings is 1. The molecule has 2 saturated heterocycles. The van der Waals surface area contributed by atoms with Crippen LogP contribution in [-0.4, -0.2) is 86.7 Å². The number of aliphatic imine (C=N–C) groups is 1. The van der Waals surface area contributed by atoms with Gasteiger partial charge in [0.05, 0.1) is 19.8 Å². The second-order valence-corrected chi connectivity index (χ2v) is 6.04. The first-order valence-electron chi connectivity index (χ1n) is 8.85. The molecule has 0 radical (unpaired) electrons. The van der Waals surface area contributed by atoms with Gasteiger partial charge in [-0.1, -0.05) is 6.92 Å². The highest BCUT2D eigenvalue weighted by atomic mass is 16.5. The fourth-order valence-corrected chi connectivity index (χ4v) is 2.97. The Hall–Kier alpha value is -1.34. The van der Waals surface area contributed by atoms with E-state index in [1.807, 2.05) is 11.8 Å². The first-order chi connectivity index (χ1) is 11.2. The van der Waals surface area contributed by atoms with Gasteiger partial charge in [0.1, 0.15) is 0 Å². The van der Waals surface area contributed by atoms with E-state index < -0.39 is 0 Å². The molecular weight excluding hydrogens is 294 g/mol. The van der Waals surface area contributed by atoms with Gasteiger partial charge in [-0.3, -0.25) is 14.7 Å². The summed E-state index contributed by atoms with van der Waals surface area (Å²) >= 11 is 0. The van der Waals surface area contributed by atoms with Gasteiger partial charge < -0.3 is 20.3 Å². The molecule has 2 heterocycles. The Morgan fingerprint density at radius 1 is 1.26 bits per heavy atom. The van der Waals surface area contributed by atoms with Gasteiger partial charge in [0, 0.05) is 51.7 Å². The third-order valence-corrected chi connectivity index (χ3v) is 4.32.